The number of rotatable bonds is 9. The molecular weight excluding hydrogens is 560 g/mol. The van der Waals surface area contributed by atoms with Gasteiger partial charge in [-0.3, -0.25) is 14.6 Å². The zero-order chi connectivity index (χ0) is 31.2. The third-order valence-corrected chi connectivity index (χ3v) is 8.30. The van der Waals surface area contributed by atoms with Crippen LogP contribution in [0.1, 0.15) is 39.6 Å². The molecule has 6 rings (SSSR count). The van der Waals surface area contributed by atoms with E-state index in [9.17, 15) is 9.59 Å². The summed E-state index contributed by atoms with van der Waals surface area (Å²) in [6, 6.07) is 29.5. The van der Waals surface area contributed by atoms with Gasteiger partial charge in [-0.05, 0) is 64.9 Å². The van der Waals surface area contributed by atoms with E-state index in [1.54, 1.807) is 30.3 Å². The molecule has 45 heavy (non-hydrogen) atoms. The van der Waals surface area contributed by atoms with Crippen LogP contribution in [-0.4, -0.2) is 44.2 Å². The van der Waals surface area contributed by atoms with Gasteiger partial charge in [0.05, 0.1) is 0 Å². The number of nitrogens with zero attached hydrogens (tertiary/aromatic N) is 4. The van der Waals surface area contributed by atoms with Crippen LogP contribution in [0.4, 0.5) is 0 Å². The van der Waals surface area contributed by atoms with Crippen molar-refractivity contribution in [2.45, 2.75) is 45.8 Å². The molecule has 1 aliphatic rings. The summed E-state index contributed by atoms with van der Waals surface area (Å²) in [5.41, 5.74) is 7.05. The molecule has 3 aromatic carbocycles. The molecule has 7 nitrogen and oxygen atoms in total. The largest absolute Gasteiger partial charge is 0.446 e. The van der Waals surface area contributed by atoms with Gasteiger partial charge < -0.3 is 14.2 Å². The second-order valence-corrected chi connectivity index (χ2v) is 11.4. The van der Waals surface area contributed by atoms with Crippen LogP contribution in [0, 0.1) is 13.8 Å². The van der Waals surface area contributed by atoms with Gasteiger partial charge in [-0.15, -0.1) is 0 Å². The number of hydrogen-bond donors (Lipinski definition) is 0. The van der Waals surface area contributed by atoms with Crippen LogP contribution in [0.3, 0.4) is 0 Å². The number of fused-ring (bicyclic) bond motifs is 1. The summed E-state index contributed by atoms with van der Waals surface area (Å²) in [4.78, 5) is 40.8. The van der Waals surface area contributed by atoms with E-state index in [1.807, 2.05) is 90.7 Å². The number of benzene rings is 3. The molecule has 3 heterocycles. The maximum atomic E-state index is 14.5. The SMILES string of the molecule is Cc1nc(C=CC(=O)N(Cc2ccc(-c3ccncc3)cc2)[C@@H](Cc2ccccc2)C(=O)N2CCc3ccccc3C2)c(C)o1. The Morgan fingerprint density at radius 1 is 0.867 bits per heavy atom. The standard InChI is InChI=1S/C38H36N4O3/c1-27-35(40-28(2)45-27)16-17-37(43)42(25-30-12-14-32(15-13-30)33-18-21-39-22-19-33)36(24-29-8-4-3-5-9-29)38(44)41-23-20-31-10-6-7-11-34(31)26-41/h3-19,21-22,36H,20,23-26H2,1-2H3/t36-/m0/s1. The molecule has 0 radical (unpaired) electrons. The molecule has 0 bridgehead atoms. The van der Waals surface area contributed by atoms with Gasteiger partial charge in [0.2, 0.25) is 11.8 Å². The van der Waals surface area contributed by atoms with Crippen molar-refractivity contribution in [3.8, 4) is 11.1 Å². The van der Waals surface area contributed by atoms with E-state index in [0.717, 1.165) is 34.2 Å². The number of amides is 2. The Morgan fingerprint density at radius 3 is 2.27 bits per heavy atom. The summed E-state index contributed by atoms with van der Waals surface area (Å²) in [7, 11) is 0. The third kappa shape index (κ3) is 7.10. The van der Waals surface area contributed by atoms with Gasteiger partial charge >= 0.3 is 0 Å². The lowest BCUT2D eigenvalue weighted by molar-refractivity contribution is -0.144. The Kier molecular flexibility index (Phi) is 8.96. The van der Waals surface area contributed by atoms with Crippen LogP contribution >= 0.6 is 0 Å². The van der Waals surface area contributed by atoms with E-state index < -0.39 is 6.04 Å². The van der Waals surface area contributed by atoms with Gasteiger partial charge in [0.15, 0.2) is 5.89 Å². The van der Waals surface area contributed by atoms with Crippen LogP contribution in [0.2, 0.25) is 0 Å². The predicted molar refractivity (Wildman–Crippen MR) is 175 cm³/mol. The van der Waals surface area contributed by atoms with Crippen molar-refractivity contribution in [1.29, 1.82) is 0 Å². The van der Waals surface area contributed by atoms with E-state index in [-0.39, 0.29) is 18.4 Å². The quantitative estimate of drug-likeness (QED) is 0.179. The van der Waals surface area contributed by atoms with Crippen molar-refractivity contribution in [1.82, 2.24) is 19.8 Å². The first kappa shape index (κ1) is 29.8. The fraction of sp³-hybridized carbons (Fsp3) is 0.211. The topological polar surface area (TPSA) is 79.5 Å². The van der Waals surface area contributed by atoms with E-state index >= 15 is 0 Å². The minimum Gasteiger partial charge on any atom is -0.446 e. The first-order valence-electron chi connectivity index (χ1n) is 15.3. The Morgan fingerprint density at radius 2 is 1.56 bits per heavy atom. The highest BCUT2D eigenvalue weighted by molar-refractivity contribution is 5.95. The highest BCUT2D eigenvalue weighted by Crippen LogP contribution is 2.24. The number of aromatic nitrogens is 2. The van der Waals surface area contributed by atoms with Gasteiger partial charge in [-0.25, -0.2) is 4.98 Å². The highest BCUT2D eigenvalue weighted by Gasteiger charge is 2.34. The summed E-state index contributed by atoms with van der Waals surface area (Å²) in [5, 5.41) is 0. The number of pyridine rings is 1. The lowest BCUT2D eigenvalue weighted by Gasteiger charge is -2.37. The molecule has 1 aliphatic heterocycles. The van der Waals surface area contributed by atoms with Crippen LogP contribution in [0.25, 0.3) is 17.2 Å². The minimum absolute atomic E-state index is 0.0584. The lowest BCUT2D eigenvalue weighted by atomic mass is 9.97. The average Bonchev–Trinajstić information content (AvgIpc) is 3.41. The van der Waals surface area contributed by atoms with Gasteiger partial charge in [0.25, 0.3) is 0 Å². The normalized spacial score (nSPS) is 13.4. The maximum absolute atomic E-state index is 14.5. The molecule has 5 aromatic rings. The summed E-state index contributed by atoms with van der Waals surface area (Å²) < 4.78 is 5.57. The van der Waals surface area contributed by atoms with Crippen LogP contribution in [0.5, 0.6) is 0 Å². The number of oxazole rings is 1. The van der Waals surface area contributed by atoms with Gasteiger partial charge in [0.1, 0.15) is 17.5 Å². The molecule has 0 saturated carbocycles. The minimum atomic E-state index is -0.713. The Labute approximate surface area is 263 Å². The van der Waals surface area contributed by atoms with E-state index in [4.69, 9.17) is 4.42 Å². The van der Waals surface area contributed by atoms with Gasteiger partial charge in [-0.2, -0.15) is 0 Å². The molecule has 0 unspecified atom stereocenters. The molecule has 0 fully saturated rings. The summed E-state index contributed by atoms with van der Waals surface area (Å²) >= 11 is 0. The fourth-order valence-electron chi connectivity index (χ4n) is 5.89. The van der Waals surface area contributed by atoms with Crippen molar-refractivity contribution < 1.29 is 14.0 Å². The van der Waals surface area contributed by atoms with Crippen molar-refractivity contribution in [3.05, 3.63) is 149 Å². The third-order valence-electron chi connectivity index (χ3n) is 8.30. The number of carbonyl (C=O) groups is 2. The van der Waals surface area contributed by atoms with E-state index in [2.05, 4.69) is 22.1 Å². The summed E-state index contributed by atoms with van der Waals surface area (Å²) in [6.07, 6.45) is 7.91. The highest BCUT2D eigenvalue weighted by atomic mass is 16.4. The molecule has 0 spiro atoms. The van der Waals surface area contributed by atoms with Gasteiger partial charge in [-0.1, -0.05) is 78.9 Å². The molecule has 7 heteroatoms. The Balaban J connectivity index is 1.35. The van der Waals surface area contributed by atoms with Crippen LogP contribution < -0.4 is 0 Å². The second kappa shape index (κ2) is 13.6. The van der Waals surface area contributed by atoms with Crippen molar-refractivity contribution in [2.75, 3.05) is 6.54 Å². The average molecular weight is 597 g/mol. The molecule has 2 aromatic heterocycles. The predicted octanol–water partition coefficient (Wildman–Crippen LogP) is 6.59. The molecule has 2 amide bonds. The zero-order valence-electron chi connectivity index (χ0n) is 25.6. The molecular formula is C38H36N4O3. The van der Waals surface area contributed by atoms with E-state index in [1.165, 1.54) is 11.6 Å². The van der Waals surface area contributed by atoms with Gasteiger partial charge in [0, 0.05) is 51.4 Å². The maximum Gasteiger partial charge on any atom is 0.247 e. The van der Waals surface area contributed by atoms with Crippen molar-refractivity contribution in [2.24, 2.45) is 0 Å². The lowest BCUT2D eigenvalue weighted by Crippen LogP contribution is -2.52. The smallest absolute Gasteiger partial charge is 0.247 e. The Hall–Kier alpha value is -5.30. The van der Waals surface area contributed by atoms with Crippen LogP contribution in [0.15, 0.2) is 114 Å². The molecule has 1 atom stereocenters. The molecule has 0 saturated heterocycles. The number of carbonyl (C=O) groups excluding carboxylic acids is 2. The van der Waals surface area contributed by atoms with Crippen LogP contribution in [-0.2, 0) is 35.5 Å². The zero-order valence-corrected chi connectivity index (χ0v) is 25.6. The Bertz CT molecular complexity index is 1800. The number of aryl methyl sites for hydroxylation is 2. The number of hydrogen-bond acceptors (Lipinski definition) is 5. The molecule has 0 N–H and O–H groups in total. The fourth-order valence-corrected chi connectivity index (χ4v) is 5.89. The molecule has 0 aliphatic carbocycles. The first-order chi connectivity index (χ1) is 21.9. The van der Waals surface area contributed by atoms with Crippen molar-refractivity contribution in [3.63, 3.8) is 0 Å². The monoisotopic (exact) mass is 596 g/mol. The first-order valence-corrected chi connectivity index (χ1v) is 15.3. The summed E-state index contributed by atoms with van der Waals surface area (Å²) in [6.45, 7) is 5.00. The second-order valence-electron chi connectivity index (χ2n) is 11.4. The molecule has 226 valence electrons. The van der Waals surface area contributed by atoms with E-state index in [0.29, 0.717) is 36.9 Å². The van der Waals surface area contributed by atoms with Crippen molar-refractivity contribution >= 4 is 17.9 Å². The summed E-state index contributed by atoms with van der Waals surface area (Å²) in [5.74, 6) is 0.851.